The summed E-state index contributed by atoms with van der Waals surface area (Å²) < 4.78 is 5.03. The number of hydrogen-bond donors (Lipinski definition) is 2. The summed E-state index contributed by atoms with van der Waals surface area (Å²) in [4.78, 5) is 12.1. The number of anilines is 1. The summed E-state index contributed by atoms with van der Waals surface area (Å²) >= 11 is 0. The Labute approximate surface area is 128 Å². The number of carbonyl (C=O) groups excluding carboxylic acids is 1. The highest BCUT2D eigenvalue weighted by atomic mass is 16.5. The summed E-state index contributed by atoms with van der Waals surface area (Å²) in [5.41, 5.74) is 0.852. The van der Waals surface area contributed by atoms with Crippen molar-refractivity contribution in [3.8, 4) is 17.6 Å². The number of benzene rings is 2. The van der Waals surface area contributed by atoms with Gasteiger partial charge in [-0.2, -0.15) is 5.26 Å². The molecule has 0 aliphatic carbocycles. The molecule has 5 nitrogen and oxygen atoms in total. The molecule has 110 valence electrons. The van der Waals surface area contributed by atoms with E-state index in [4.69, 9.17) is 10.00 Å². The van der Waals surface area contributed by atoms with Crippen LogP contribution in [0.5, 0.6) is 11.5 Å². The fraction of sp³-hybridized carbons (Fsp3) is 0.0588. The lowest BCUT2D eigenvalue weighted by Crippen LogP contribution is -2.13. The Morgan fingerprint density at radius 2 is 1.91 bits per heavy atom. The average molecular weight is 294 g/mol. The smallest absolute Gasteiger partial charge is 0.266 e. The van der Waals surface area contributed by atoms with Gasteiger partial charge in [0.05, 0.1) is 7.11 Å². The summed E-state index contributed by atoms with van der Waals surface area (Å²) in [7, 11) is 1.55. The van der Waals surface area contributed by atoms with E-state index in [1.165, 1.54) is 12.1 Å². The van der Waals surface area contributed by atoms with Gasteiger partial charge in [-0.15, -0.1) is 0 Å². The van der Waals surface area contributed by atoms with Gasteiger partial charge in [0.15, 0.2) is 0 Å². The van der Waals surface area contributed by atoms with Crippen molar-refractivity contribution in [2.45, 2.75) is 0 Å². The van der Waals surface area contributed by atoms with Crippen LogP contribution >= 0.6 is 0 Å². The summed E-state index contributed by atoms with van der Waals surface area (Å²) in [6.45, 7) is 0. The number of nitriles is 1. The SMILES string of the molecule is COc1ccc(NC(=O)C(C#N)=Cc2ccccc2O)cc1. The number of carbonyl (C=O) groups is 1. The maximum absolute atomic E-state index is 12.1. The number of phenols is 1. The van der Waals surface area contributed by atoms with Gasteiger partial charge >= 0.3 is 0 Å². The summed E-state index contributed by atoms with van der Waals surface area (Å²) in [6.07, 6.45) is 1.34. The monoisotopic (exact) mass is 294 g/mol. The summed E-state index contributed by atoms with van der Waals surface area (Å²) in [5, 5.41) is 21.4. The van der Waals surface area contributed by atoms with Gasteiger partial charge in [-0.05, 0) is 36.4 Å². The second-order valence-corrected chi connectivity index (χ2v) is 4.41. The van der Waals surface area contributed by atoms with Crippen LogP contribution in [0, 0.1) is 11.3 Å². The second-order valence-electron chi connectivity index (χ2n) is 4.41. The molecule has 2 aromatic rings. The van der Waals surface area contributed by atoms with Crippen LogP contribution < -0.4 is 10.1 Å². The zero-order valence-electron chi connectivity index (χ0n) is 11.9. The molecule has 0 atom stereocenters. The molecule has 0 aromatic heterocycles. The number of para-hydroxylation sites is 1. The Bertz CT molecular complexity index is 743. The number of aromatic hydroxyl groups is 1. The molecule has 0 bridgehead atoms. The van der Waals surface area contributed by atoms with Crippen molar-refractivity contribution >= 4 is 17.7 Å². The number of rotatable bonds is 4. The van der Waals surface area contributed by atoms with Crippen LogP contribution in [-0.2, 0) is 4.79 Å². The number of nitrogens with one attached hydrogen (secondary N) is 1. The lowest BCUT2D eigenvalue weighted by molar-refractivity contribution is -0.112. The molecule has 0 aliphatic rings. The third-order valence-corrected chi connectivity index (χ3v) is 2.95. The Balaban J connectivity index is 2.19. The largest absolute Gasteiger partial charge is 0.507 e. The number of ether oxygens (including phenoxy) is 1. The van der Waals surface area contributed by atoms with Crippen molar-refractivity contribution in [3.63, 3.8) is 0 Å². The fourth-order valence-electron chi connectivity index (χ4n) is 1.79. The molecule has 0 aliphatic heterocycles. The van der Waals surface area contributed by atoms with Gasteiger partial charge in [-0.3, -0.25) is 4.79 Å². The van der Waals surface area contributed by atoms with Crippen LogP contribution in [0.1, 0.15) is 5.56 Å². The molecular formula is C17H14N2O3. The molecule has 2 rings (SSSR count). The van der Waals surface area contributed by atoms with E-state index < -0.39 is 5.91 Å². The first kappa shape index (κ1) is 15.1. The molecule has 2 N–H and O–H groups in total. The number of methoxy groups -OCH3 is 1. The van der Waals surface area contributed by atoms with Gasteiger partial charge in [0, 0.05) is 11.3 Å². The second kappa shape index (κ2) is 6.95. The topological polar surface area (TPSA) is 82.3 Å². The lowest BCUT2D eigenvalue weighted by atomic mass is 10.1. The summed E-state index contributed by atoms with van der Waals surface area (Å²) in [6, 6.07) is 15.1. The number of hydrogen-bond acceptors (Lipinski definition) is 4. The normalized spacial score (nSPS) is 10.6. The Morgan fingerprint density at radius 1 is 1.23 bits per heavy atom. The van der Waals surface area contributed by atoms with Crippen LogP contribution in [0.25, 0.3) is 6.08 Å². The van der Waals surface area contributed by atoms with Crippen LogP contribution in [0.4, 0.5) is 5.69 Å². The maximum Gasteiger partial charge on any atom is 0.266 e. The van der Waals surface area contributed by atoms with E-state index in [9.17, 15) is 9.90 Å². The zero-order valence-corrected chi connectivity index (χ0v) is 11.9. The highest BCUT2D eigenvalue weighted by Crippen LogP contribution is 2.20. The van der Waals surface area contributed by atoms with E-state index in [2.05, 4.69) is 5.32 Å². The van der Waals surface area contributed by atoms with E-state index >= 15 is 0 Å². The summed E-state index contributed by atoms with van der Waals surface area (Å²) in [5.74, 6) is 0.131. The first-order valence-electron chi connectivity index (χ1n) is 6.49. The molecular weight excluding hydrogens is 280 g/mol. The van der Waals surface area contributed by atoms with Crippen LogP contribution in [-0.4, -0.2) is 18.1 Å². The van der Waals surface area contributed by atoms with Crippen molar-refractivity contribution < 1.29 is 14.6 Å². The minimum Gasteiger partial charge on any atom is -0.507 e. The molecule has 0 unspecified atom stereocenters. The van der Waals surface area contributed by atoms with E-state index in [0.717, 1.165) is 0 Å². The Hall–Kier alpha value is -3.26. The third kappa shape index (κ3) is 3.64. The molecule has 0 saturated heterocycles. The molecule has 0 saturated carbocycles. The average Bonchev–Trinajstić information content (AvgIpc) is 2.54. The predicted octanol–water partition coefficient (Wildman–Crippen LogP) is 2.95. The predicted molar refractivity (Wildman–Crippen MR) is 83.3 cm³/mol. The fourth-order valence-corrected chi connectivity index (χ4v) is 1.79. The number of nitrogens with zero attached hydrogens (tertiary/aromatic N) is 1. The van der Waals surface area contributed by atoms with Gasteiger partial charge in [-0.25, -0.2) is 0 Å². The first-order chi connectivity index (χ1) is 10.6. The lowest BCUT2D eigenvalue weighted by Gasteiger charge is -2.06. The third-order valence-electron chi connectivity index (χ3n) is 2.95. The molecule has 1 amide bonds. The van der Waals surface area contributed by atoms with Crippen molar-refractivity contribution in [1.82, 2.24) is 0 Å². The first-order valence-corrected chi connectivity index (χ1v) is 6.49. The molecule has 22 heavy (non-hydrogen) atoms. The van der Waals surface area contributed by atoms with Crippen LogP contribution in [0.2, 0.25) is 0 Å². The van der Waals surface area contributed by atoms with Gasteiger partial charge in [0.25, 0.3) is 5.91 Å². The minimum absolute atomic E-state index is 0.00694. The number of phenolic OH excluding ortho intramolecular Hbond substituents is 1. The maximum atomic E-state index is 12.1. The molecule has 5 heteroatoms. The Morgan fingerprint density at radius 3 is 2.50 bits per heavy atom. The Kier molecular flexibility index (Phi) is 4.78. The van der Waals surface area contributed by atoms with Crippen molar-refractivity contribution in [2.24, 2.45) is 0 Å². The molecule has 0 spiro atoms. The minimum atomic E-state index is -0.545. The molecule has 0 heterocycles. The highest BCUT2D eigenvalue weighted by molar-refractivity contribution is 6.09. The molecule has 0 fully saturated rings. The van der Waals surface area contributed by atoms with Gasteiger partial charge in [-0.1, -0.05) is 18.2 Å². The van der Waals surface area contributed by atoms with Gasteiger partial charge in [0.2, 0.25) is 0 Å². The molecule has 2 aromatic carbocycles. The van der Waals surface area contributed by atoms with E-state index in [1.807, 2.05) is 6.07 Å². The quantitative estimate of drug-likeness (QED) is 0.671. The van der Waals surface area contributed by atoms with Crippen molar-refractivity contribution in [1.29, 1.82) is 5.26 Å². The van der Waals surface area contributed by atoms with E-state index in [-0.39, 0.29) is 11.3 Å². The highest BCUT2D eigenvalue weighted by Gasteiger charge is 2.10. The van der Waals surface area contributed by atoms with Crippen molar-refractivity contribution in [2.75, 3.05) is 12.4 Å². The number of amides is 1. The standard InChI is InChI=1S/C17H14N2O3/c1-22-15-8-6-14(7-9-15)19-17(21)13(11-18)10-12-4-2-3-5-16(12)20/h2-10,20H,1H3,(H,19,21). The van der Waals surface area contributed by atoms with Gasteiger partial charge < -0.3 is 15.2 Å². The van der Waals surface area contributed by atoms with Crippen LogP contribution in [0.3, 0.4) is 0 Å². The molecule has 0 radical (unpaired) electrons. The van der Waals surface area contributed by atoms with Gasteiger partial charge in [0.1, 0.15) is 23.1 Å². The van der Waals surface area contributed by atoms with Crippen molar-refractivity contribution in [3.05, 3.63) is 59.7 Å². The van der Waals surface area contributed by atoms with E-state index in [1.54, 1.807) is 49.6 Å². The zero-order chi connectivity index (χ0) is 15.9. The van der Waals surface area contributed by atoms with Crippen LogP contribution in [0.15, 0.2) is 54.1 Å². The van der Waals surface area contributed by atoms with E-state index in [0.29, 0.717) is 17.0 Å².